The zero-order valence-electron chi connectivity index (χ0n) is 14.7. The summed E-state index contributed by atoms with van der Waals surface area (Å²) in [4.78, 5) is 17.2. The lowest BCUT2D eigenvalue weighted by atomic mass is 10.1. The van der Waals surface area contributed by atoms with Gasteiger partial charge in [-0.2, -0.15) is 0 Å². The number of rotatable bonds is 7. The van der Waals surface area contributed by atoms with Crippen molar-refractivity contribution in [2.45, 2.75) is 16.5 Å². The molecule has 1 atom stereocenters. The Morgan fingerprint density at radius 2 is 1.78 bits per heavy atom. The summed E-state index contributed by atoms with van der Waals surface area (Å²) in [7, 11) is -3.33. The van der Waals surface area contributed by atoms with Crippen LogP contribution < -0.4 is 4.72 Å². The van der Waals surface area contributed by atoms with Gasteiger partial charge < -0.3 is 0 Å². The molecule has 0 radical (unpaired) electrons. The fraction of sp³-hybridized carbons (Fsp3) is 0.158. The molecule has 0 fully saturated rings. The van der Waals surface area contributed by atoms with E-state index in [4.69, 9.17) is 0 Å². The highest BCUT2D eigenvalue weighted by Crippen LogP contribution is 2.32. The van der Waals surface area contributed by atoms with Crippen molar-refractivity contribution in [1.82, 2.24) is 4.98 Å². The SMILES string of the molecule is CC(Sc1nc(-c2ccccc2)cs1)C(=O)c1ccc(NS(C)(=O)=O)cc1. The Hall–Kier alpha value is -2.16. The molecule has 0 bridgehead atoms. The first kappa shape index (κ1) is 19.6. The Bertz CT molecular complexity index is 1030. The molecule has 1 unspecified atom stereocenters. The van der Waals surface area contributed by atoms with E-state index in [0.717, 1.165) is 21.9 Å². The van der Waals surface area contributed by atoms with Crippen LogP contribution >= 0.6 is 23.1 Å². The fourth-order valence-electron chi connectivity index (χ4n) is 2.41. The number of aromatic nitrogens is 1. The molecule has 0 aliphatic carbocycles. The van der Waals surface area contributed by atoms with Gasteiger partial charge in [0.1, 0.15) is 0 Å². The average Bonchev–Trinajstić information content (AvgIpc) is 3.09. The number of hydrogen-bond donors (Lipinski definition) is 1. The predicted octanol–water partition coefficient (Wildman–Crippen LogP) is 4.55. The number of nitrogens with zero attached hydrogens (tertiary/aromatic N) is 1. The summed E-state index contributed by atoms with van der Waals surface area (Å²) < 4.78 is 25.7. The number of carbonyl (C=O) groups excluding carboxylic acids is 1. The summed E-state index contributed by atoms with van der Waals surface area (Å²) in [6, 6.07) is 16.3. The molecule has 0 aliphatic heterocycles. The highest BCUT2D eigenvalue weighted by atomic mass is 32.2. The van der Waals surface area contributed by atoms with Crippen molar-refractivity contribution < 1.29 is 13.2 Å². The van der Waals surface area contributed by atoms with Crippen molar-refractivity contribution in [1.29, 1.82) is 0 Å². The number of sulfonamides is 1. The molecule has 27 heavy (non-hydrogen) atoms. The van der Waals surface area contributed by atoms with Gasteiger partial charge >= 0.3 is 0 Å². The van der Waals surface area contributed by atoms with Gasteiger partial charge in [-0.1, -0.05) is 42.1 Å². The standard InChI is InChI=1S/C19H18N2O3S3/c1-13(18(22)15-8-10-16(11-9-15)21-27(2,23)24)26-19-20-17(12-25-19)14-6-4-3-5-7-14/h3-13,21H,1-2H3. The van der Waals surface area contributed by atoms with Crippen LogP contribution in [0.25, 0.3) is 11.3 Å². The molecule has 2 aromatic carbocycles. The average molecular weight is 419 g/mol. The second-order valence-electron chi connectivity index (χ2n) is 5.94. The van der Waals surface area contributed by atoms with E-state index in [0.29, 0.717) is 11.3 Å². The van der Waals surface area contributed by atoms with Gasteiger partial charge in [0.15, 0.2) is 10.1 Å². The van der Waals surface area contributed by atoms with Gasteiger partial charge in [-0.25, -0.2) is 13.4 Å². The predicted molar refractivity (Wildman–Crippen MR) is 112 cm³/mol. The van der Waals surface area contributed by atoms with Gasteiger partial charge in [0.25, 0.3) is 0 Å². The molecule has 8 heteroatoms. The number of Topliss-reactive ketones (excluding diaryl/α,β-unsaturated/α-hetero) is 1. The molecule has 0 saturated carbocycles. The van der Waals surface area contributed by atoms with Crippen molar-refractivity contribution in [2.24, 2.45) is 0 Å². The summed E-state index contributed by atoms with van der Waals surface area (Å²) in [5, 5.41) is 1.69. The third-order valence-electron chi connectivity index (χ3n) is 3.67. The van der Waals surface area contributed by atoms with Crippen LogP contribution in [0.1, 0.15) is 17.3 Å². The van der Waals surface area contributed by atoms with Crippen LogP contribution in [0.3, 0.4) is 0 Å². The summed E-state index contributed by atoms with van der Waals surface area (Å²) in [6.45, 7) is 1.85. The van der Waals surface area contributed by atoms with E-state index in [2.05, 4.69) is 9.71 Å². The fourth-order valence-corrected chi connectivity index (χ4v) is 5.02. The van der Waals surface area contributed by atoms with Crippen molar-refractivity contribution in [3.05, 3.63) is 65.5 Å². The van der Waals surface area contributed by atoms with E-state index in [1.807, 2.05) is 42.6 Å². The smallest absolute Gasteiger partial charge is 0.229 e. The van der Waals surface area contributed by atoms with Gasteiger partial charge in [0.2, 0.25) is 10.0 Å². The maximum atomic E-state index is 12.6. The molecule has 0 amide bonds. The highest BCUT2D eigenvalue weighted by Gasteiger charge is 2.18. The summed E-state index contributed by atoms with van der Waals surface area (Å²) in [5.74, 6) is -0.0256. The monoisotopic (exact) mass is 418 g/mol. The van der Waals surface area contributed by atoms with Crippen molar-refractivity contribution >= 4 is 44.6 Å². The number of nitrogens with one attached hydrogen (secondary N) is 1. The van der Waals surface area contributed by atoms with E-state index >= 15 is 0 Å². The number of thiazole rings is 1. The highest BCUT2D eigenvalue weighted by molar-refractivity contribution is 8.02. The maximum Gasteiger partial charge on any atom is 0.229 e. The quantitative estimate of drug-likeness (QED) is 0.450. The van der Waals surface area contributed by atoms with Crippen LogP contribution in [-0.2, 0) is 10.0 Å². The van der Waals surface area contributed by atoms with E-state index in [1.165, 1.54) is 23.1 Å². The first-order valence-corrected chi connectivity index (χ1v) is 11.8. The summed E-state index contributed by atoms with van der Waals surface area (Å²) >= 11 is 2.94. The van der Waals surface area contributed by atoms with Crippen molar-refractivity contribution in [3.8, 4) is 11.3 Å². The summed E-state index contributed by atoms with van der Waals surface area (Å²) in [6.07, 6.45) is 1.09. The second-order valence-corrected chi connectivity index (χ2v) is 10.1. The Morgan fingerprint density at radius 1 is 1.11 bits per heavy atom. The largest absolute Gasteiger partial charge is 0.293 e. The molecular weight excluding hydrogens is 400 g/mol. The van der Waals surface area contributed by atoms with Crippen LogP contribution in [-0.4, -0.2) is 30.7 Å². The molecule has 0 spiro atoms. The van der Waals surface area contributed by atoms with Crippen LogP contribution in [0.4, 0.5) is 5.69 Å². The number of thioether (sulfide) groups is 1. The number of benzene rings is 2. The zero-order valence-corrected chi connectivity index (χ0v) is 17.2. The minimum atomic E-state index is -3.33. The van der Waals surface area contributed by atoms with Gasteiger partial charge in [-0.15, -0.1) is 11.3 Å². The van der Waals surface area contributed by atoms with Crippen molar-refractivity contribution in [2.75, 3.05) is 11.0 Å². The number of hydrogen-bond acceptors (Lipinski definition) is 6. The third-order valence-corrected chi connectivity index (χ3v) is 6.35. The Labute approximate surface area is 166 Å². The number of carbonyl (C=O) groups is 1. The van der Waals surface area contributed by atoms with Crippen LogP contribution in [0.15, 0.2) is 64.3 Å². The van der Waals surface area contributed by atoms with Gasteiger partial charge in [0.05, 0.1) is 17.2 Å². The molecule has 1 N–H and O–H groups in total. The molecule has 0 saturated heterocycles. The molecule has 1 heterocycles. The molecular formula is C19H18N2O3S3. The molecule has 5 nitrogen and oxygen atoms in total. The number of ketones is 1. The Balaban J connectivity index is 1.66. The second kappa shape index (κ2) is 8.24. The molecule has 140 valence electrons. The Morgan fingerprint density at radius 3 is 2.41 bits per heavy atom. The van der Waals surface area contributed by atoms with E-state index in [9.17, 15) is 13.2 Å². The zero-order chi connectivity index (χ0) is 19.4. The van der Waals surface area contributed by atoms with Gasteiger partial charge in [0, 0.05) is 22.2 Å². The molecule has 3 aromatic rings. The minimum Gasteiger partial charge on any atom is -0.293 e. The van der Waals surface area contributed by atoms with Crippen LogP contribution in [0.2, 0.25) is 0 Å². The van der Waals surface area contributed by atoms with Gasteiger partial charge in [-0.3, -0.25) is 9.52 Å². The molecule has 0 aliphatic rings. The topological polar surface area (TPSA) is 76.1 Å². The normalized spacial score (nSPS) is 12.5. The van der Waals surface area contributed by atoms with E-state index in [-0.39, 0.29) is 11.0 Å². The third kappa shape index (κ3) is 5.41. The van der Waals surface area contributed by atoms with Crippen molar-refractivity contribution in [3.63, 3.8) is 0 Å². The molecule has 1 aromatic heterocycles. The maximum absolute atomic E-state index is 12.6. The lowest BCUT2D eigenvalue weighted by Crippen LogP contribution is -2.14. The summed E-state index contributed by atoms with van der Waals surface area (Å²) in [5.41, 5.74) is 2.92. The van der Waals surface area contributed by atoms with E-state index < -0.39 is 10.0 Å². The lowest BCUT2D eigenvalue weighted by Gasteiger charge is -2.09. The van der Waals surface area contributed by atoms with E-state index in [1.54, 1.807) is 24.3 Å². The minimum absolute atomic E-state index is 0.0256. The van der Waals surface area contributed by atoms with Crippen LogP contribution in [0, 0.1) is 0 Å². The first-order valence-electron chi connectivity index (χ1n) is 8.11. The molecule has 3 rings (SSSR count). The number of anilines is 1. The Kier molecular flexibility index (Phi) is 5.98. The van der Waals surface area contributed by atoms with Crippen LogP contribution in [0.5, 0.6) is 0 Å². The van der Waals surface area contributed by atoms with Gasteiger partial charge in [-0.05, 0) is 31.2 Å². The first-order chi connectivity index (χ1) is 12.8. The lowest BCUT2D eigenvalue weighted by molar-refractivity contribution is 0.0994.